The average molecular weight is 300 g/mol. The summed E-state index contributed by atoms with van der Waals surface area (Å²) < 4.78 is 13.2. The Labute approximate surface area is 123 Å². The van der Waals surface area contributed by atoms with Crippen molar-refractivity contribution in [2.75, 3.05) is 6.54 Å². The van der Waals surface area contributed by atoms with Crippen molar-refractivity contribution in [2.45, 2.75) is 26.9 Å². The molecule has 0 aliphatic heterocycles. The topological polar surface area (TPSA) is 49.3 Å². The molecular weight excluding hydrogens is 281 g/mol. The highest BCUT2D eigenvalue weighted by atomic mass is 35.5. The summed E-state index contributed by atoms with van der Waals surface area (Å²) in [5, 5.41) is 12.4. The number of benzene rings is 1. The largest absolute Gasteiger partial charge is 0.387 e. The summed E-state index contributed by atoms with van der Waals surface area (Å²) >= 11 is 5.56. The minimum Gasteiger partial charge on any atom is -0.387 e. The second-order valence-corrected chi connectivity index (χ2v) is 6.04. The third kappa shape index (κ3) is 5.72. The van der Waals surface area contributed by atoms with Crippen molar-refractivity contribution in [2.24, 2.45) is 5.41 Å². The quantitative estimate of drug-likeness (QED) is 0.839. The molecular formula is C15H19ClFNO2. The van der Waals surface area contributed by atoms with Gasteiger partial charge in [0.15, 0.2) is 0 Å². The summed E-state index contributed by atoms with van der Waals surface area (Å²) in [4.78, 5) is 11.5. The van der Waals surface area contributed by atoms with Gasteiger partial charge in [-0.3, -0.25) is 4.79 Å². The molecule has 0 radical (unpaired) electrons. The summed E-state index contributed by atoms with van der Waals surface area (Å²) in [6, 6.07) is 4.05. The Morgan fingerprint density at radius 3 is 2.70 bits per heavy atom. The summed E-state index contributed by atoms with van der Waals surface area (Å²) in [5.41, 5.74) is 0.280. The molecule has 0 aliphatic rings. The first-order valence-electron chi connectivity index (χ1n) is 6.29. The fourth-order valence-electron chi connectivity index (χ4n) is 1.42. The van der Waals surface area contributed by atoms with Gasteiger partial charge in [0.25, 0.3) is 0 Å². The predicted molar refractivity (Wildman–Crippen MR) is 78.0 cm³/mol. The molecule has 1 amide bonds. The van der Waals surface area contributed by atoms with Gasteiger partial charge in [0.05, 0.1) is 11.1 Å². The lowest BCUT2D eigenvalue weighted by atomic mass is 9.96. The van der Waals surface area contributed by atoms with Gasteiger partial charge >= 0.3 is 0 Å². The van der Waals surface area contributed by atoms with Gasteiger partial charge in [-0.05, 0) is 29.2 Å². The van der Waals surface area contributed by atoms with Crippen molar-refractivity contribution in [3.63, 3.8) is 0 Å². The van der Waals surface area contributed by atoms with Gasteiger partial charge in [0, 0.05) is 6.54 Å². The Morgan fingerprint density at radius 1 is 1.50 bits per heavy atom. The Morgan fingerprint density at radius 2 is 2.15 bits per heavy atom. The number of amides is 1. The van der Waals surface area contributed by atoms with E-state index in [2.05, 4.69) is 5.32 Å². The van der Waals surface area contributed by atoms with Crippen LogP contribution in [0.25, 0.3) is 0 Å². The number of rotatable bonds is 4. The smallest absolute Gasteiger partial charge is 0.243 e. The third-order valence-corrected chi connectivity index (χ3v) is 2.84. The van der Waals surface area contributed by atoms with Gasteiger partial charge in [-0.2, -0.15) is 0 Å². The number of halogens is 2. The lowest BCUT2D eigenvalue weighted by molar-refractivity contribution is -0.117. The highest BCUT2D eigenvalue weighted by molar-refractivity contribution is 6.30. The van der Waals surface area contributed by atoms with E-state index in [1.54, 1.807) is 6.08 Å². The molecule has 3 nitrogen and oxygen atoms in total. The Balaban J connectivity index is 2.55. The average Bonchev–Trinajstić information content (AvgIpc) is 2.36. The Bertz CT molecular complexity index is 509. The Hall–Kier alpha value is -1.39. The third-order valence-electron chi connectivity index (χ3n) is 2.53. The molecule has 0 aliphatic carbocycles. The van der Waals surface area contributed by atoms with Crippen molar-refractivity contribution >= 4 is 17.5 Å². The van der Waals surface area contributed by atoms with Crippen LogP contribution < -0.4 is 5.32 Å². The predicted octanol–water partition coefficient (Wildman–Crippen LogP) is 3.23. The van der Waals surface area contributed by atoms with Gasteiger partial charge in [-0.15, -0.1) is 0 Å². The number of hydrogen-bond donors (Lipinski definition) is 2. The van der Waals surface area contributed by atoms with Crippen LogP contribution in [0.3, 0.4) is 0 Å². The Kier molecular flexibility index (Phi) is 5.72. The molecule has 0 aromatic heterocycles. The summed E-state index contributed by atoms with van der Waals surface area (Å²) in [6.07, 6.45) is 2.22. The standard InChI is InChI=1S/C15H19ClFNO2/c1-15(2,3)7-6-14(20)18-9-13(19)10-4-5-11(16)12(17)8-10/h4-8,13,19H,9H2,1-3H3,(H,18,20)/b7-6+. The monoisotopic (exact) mass is 299 g/mol. The zero-order valence-corrected chi connectivity index (χ0v) is 12.5. The molecule has 0 fully saturated rings. The molecule has 1 rings (SSSR count). The highest BCUT2D eigenvalue weighted by Crippen LogP contribution is 2.20. The fourth-order valence-corrected chi connectivity index (χ4v) is 1.54. The summed E-state index contributed by atoms with van der Waals surface area (Å²) in [7, 11) is 0. The molecule has 110 valence electrons. The molecule has 1 atom stereocenters. The SMILES string of the molecule is CC(C)(C)/C=C/C(=O)NCC(O)c1ccc(Cl)c(F)c1. The van der Waals surface area contributed by atoms with Gasteiger partial charge < -0.3 is 10.4 Å². The van der Waals surface area contributed by atoms with Crippen LogP contribution in [0.2, 0.25) is 5.02 Å². The number of aliphatic hydroxyl groups excluding tert-OH is 1. The molecule has 1 unspecified atom stereocenters. The molecule has 1 aromatic rings. The van der Waals surface area contributed by atoms with E-state index < -0.39 is 11.9 Å². The van der Waals surface area contributed by atoms with Gasteiger partial charge in [0.2, 0.25) is 5.91 Å². The molecule has 0 bridgehead atoms. The van der Waals surface area contributed by atoms with Crippen LogP contribution in [-0.2, 0) is 4.79 Å². The van der Waals surface area contributed by atoms with Gasteiger partial charge in [-0.1, -0.05) is 44.5 Å². The van der Waals surface area contributed by atoms with E-state index in [4.69, 9.17) is 11.6 Å². The number of carbonyl (C=O) groups is 1. The van der Waals surface area contributed by atoms with E-state index in [1.165, 1.54) is 18.2 Å². The minimum absolute atomic E-state index is 0.00176. The zero-order chi connectivity index (χ0) is 15.3. The van der Waals surface area contributed by atoms with Crippen LogP contribution in [0.4, 0.5) is 4.39 Å². The molecule has 5 heteroatoms. The first kappa shape index (κ1) is 16.7. The number of hydrogen-bond acceptors (Lipinski definition) is 2. The lowest BCUT2D eigenvalue weighted by Crippen LogP contribution is -2.27. The summed E-state index contributed by atoms with van der Waals surface area (Å²) in [6.45, 7) is 5.93. The van der Waals surface area contributed by atoms with Gasteiger partial charge in [0.1, 0.15) is 5.82 Å². The van der Waals surface area contributed by atoms with Crippen LogP contribution >= 0.6 is 11.6 Å². The molecule has 0 heterocycles. The molecule has 2 N–H and O–H groups in total. The number of aliphatic hydroxyl groups is 1. The maximum Gasteiger partial charge on any atom is 0.243 e. The van der Waals surface area contributed by atoms with E-state index in [0.717, 1.165) is 6.07 Å². The highest BCUT2D eigenvalue weighted by Gasteiger charge is 2.11. The van der Waals surface area contributed by atoms with E-state index in [-0.39, 0.29) is 22.9 Å². The van der Waals surface area contributed by atoms with Crippen LogP contribution in [0.5, 0.6) is 0 Å². The van der Waals surface area contributed by atoms with Crippen LogP contribution in [0.15, 0.2) is 30.4 Å². The van der Waals surface area contributed by atoms with Crippen molar-refractivity contribution in [3.8, 4) is 0 Å². The lowest BCUT2D eigenvalue weighted by Gasteiger charge is -2.13. The molecule has 0 spiro atoms. The van der Waals surface area contributed by atoms with E-state index >= 15 is 0 Å². The van der Waals surface area contributed by atoms with Crippen molar-refractivity contribution < 1.29 is 14.3 Å². The van der Waals surface area contributed by atoms with E-state index in [1.807, 2.05) is 20.8 Å². The first-order valence-corrected chi connectivity index (χ1v) is 6.67. The second kappa shape index (κ2) is 6.86. The minimum atomic E-state index is -0.978. The van der Waals surface area contributed by atoms with Crippen LogP contribution in [0, 0.1) is 11.2 Å². The fraction of sp³-hybridized carbons (Fsp3) is 0.400. The van der Waals surface area contributed by atoms with Crippen LogP contribution in [0.1, 0.15) is 32.4 Å². The summed E-state index contributed by atoms with van der Waals surface area (Å²) in [5.74, 6) is -0.893. The number of nitrogens with one attached hydrogen (secondary N) is 1. The molecule has 0 saturated heterocycles. The van der Waals surface area contributed by atoms with Crippen molar-refractivity contribution in [1.82, 2.24) is 5.32 Å². The van der Waals surface area contributed by atoms with E-state index in [0.29, 0.717) is 5.56 Å². The number of allylic oxidation sites excluding steroid dienone is 1. The van der Waals surface area contributed by atoms with Gasteiger partial charge in [-0.25, -0.2) is 4.39 Å². The van der Waals surface area contributed by atoms with Crippen molar-refractivity contribution in [1.29, 1.82) is 0 Å². The number of carbonyl (C=O) groups excluding carboxylic acids is 1. The molecule has 0 saturated carbocycles. The maximum atomic E-state index is 13.2. The van der Waals surface area contributed by atoms with Crippen molar-refractivity contribution in [3.05, 3.63) is 46.8 Å². The van der Waals surface area contributed by atoms with Crippen LogP contribution in [-0.4, -0.2) is 17.6 Å². The van der Waals surface area contributed by atoms with E-state index in [9.17, 15) is 14.3 Å². The normalized spacial score (nSPS) is 13.5. The second-order valence-electron chi connectivity index (χ2n) is 5.63. The molecule has 1 aromatic carbocycles. The first-order chi connectivity index (χ1) is 9.19. The maximum absolute atomic E-state index is 13.2. The molecule has 20 heavy (non-hydrogen) atoms. The zero-order valence-electron chi connectivity index (χ0n) is 11.8.